The molecular formula is C37H35NO9. The van der Waals surface area contributed by atoms with Crippen molar-refractivity contribution in [3.05, 3.63) is 131 Å². The number of methoxy groups -OCH3 is 1. The summed E-state index contributed by atoms with van der Waals surface area (Å²) in [6, 6.07) is 31.3. The highest BCUT2D eigenvalue weighted by Gasteiger charge is 2.56. The Morgan fingerprint density at radius 2 is 1.28 bits per heavy atom. The van der Waals surface area contributed by atoms with Crippen LogP contribution >= 0.6 is 0 Å². The van der Waals surface area contributed by atoms with Gasteiger partial charge in [0.2, 0.25) is 6.29 Å². The standard InChI is InChI=1S/C37H35NO9/c1-24(39)45-33-31(23-43-21-25-11-5-3-6-12-25)47-37(46-28-19-17-27(42-2)18-20-28)32(34(33)44-22-26-13-7-4-8-14-26)38-35(40)29-15-9-10-16-30(29)36(38)41/h3-20,31-34,37H,21-23H2,1-2H3/t31-,32+,33-,34-,37+/m1/s1. The minimum atomic E-state index is -1.23. The Hall–Kier alpha value is -5.03. The maximum atomic E-state index is 13.9. The molecule has 0 saturated carbocycles. The van der Waals surface area contributed by atoms with Crippen molar-refractivity contribution in [2.24, 2.45) is 0 Å². The van der Waals surface area contributed by atoms with Crippen LogP contribution in [0, 0.1) is 0 Å². The van der Waals surface area contributed by atoms with Crippen LogP contribution in [0.25, 0.3) is 0 Å². The molecule has 0 spiro atoms. The molecule has 2 aliphatic heterocycles. The lowest BCUT2D eigenvalue weighted by molar-refractivity contribution is -0.272. The van der Waals surface area contributed by atoms with Crippen molar-refractivity contribution in [3.8, 4) is 11.5 Å². The van der Waals surface area contributed by atoms with E-state index in [2.05, 4.69) is 0 Å². The number of rotatable bonds is 12. The first kappa shape index (κ1) is 31.9. The van der Waals surface area contributed by atoms with Gasteiger partial charge in [-0.25, -0.2) is 0 Å². The zero-order valence-corrected chi connectivity index (χ0v) is 26.0. The summed E-state index contributed by atoms with van der Waals surface area (Å²) in [5.74, 6) is -0.637. The molecule has 0 N–H and O–H groups in total. The van der Waals surface area contributed by atoms with Gasteiger partial charge in [0.25, 0.3) is 11.8 Å². The maximum absolute atomic E-state index is 13.9. The van der Waals surface area contributed by atoms with Gasteiger partial charge in [0.1, 0.15) is 29.7 Å². The molecule has 242 valence electrons. The van der Waals surface area contributed by atoms with Crippen LogP contribution in [-0.4, -0.2) is 67.0 Å². The molecule has 6 rings (SSSR count). The van der Waals surface area contributed by atoms with E-state index < -0.39 is 48.4 Å². The van der Waals surface area contributed by atoms with Crippen LogP contribution in [0.2, 0.25) is 0 Å². The third kappa shape index (κ3) is 7.20. The highest BCUT2D eigenvalue weighted by atomic mass is 16.7. The number of carbonyl (C=O) groups excluding carboxylic acids is 3. The van der Waals surface area contributed by atoms with Gasteiger partial charge in [0, 0.05) is 6.92 Å². The van der Waals surface area contributed by atoms with Crippen LogP contribution in [0.4, 0.5) is 0 Å². The van der Waals surface area contributed by atoms with Crippen molar-refractivity contribution >= 4 is 17.8 Å². The summed E-state index contributed by atoms with van der Waals surface area (Å²) in [7, 11) is 1.56. The molecule has 0 bridgehead atoms. The van der Waals surface area contributed by atoms with Gasteiger partial charge in [-0.05, 0) is 47.5 Å². The predicted octanol–water partition coefficient (Wildman–Crippen LogP) is 5.20. The summed E-state index contributed by atoms with van der Waals surface area (Å²) in [6.45, 7) is 1.65. The van der Waals surface area contributed by atoms with E-state index in [-0.39, 0.29) is 30.9 Å². The van der Waals surface area contributed by atoms with E-state index in [1.165, 1.54) is 6.92 Å². The maximum Gasteiger partial charge on any atom is 0.303 e. The SMILES string of the molecule is COc1ccc(O[C@H]2O[C@H](COCc3ccccc3)[C@@H](OC(C)=O)[C@H](OCc3ccccc3)[C@@H]2N2C(=O)c3ccccc3C2=O)cc1. The lowest BCUT2D eigenvalue weighted by atomic mass is 9.94. The lowest BCUT2D eigenvalue weighted by Gasteiger charge is -2.47. The third-order valence-corrected chi connectivity index (χ3v) is 8.03. The minimum absolute atomic E-state index is 0.00461. The van der Waals surface area contributed by atoms with Gasteiger partial charge in [0.05, 0.1) is 38.1 Å². The zero-order valence-electron chi connectivity index (χ0n) is 26.0. The molecular weight excluding hydrogens is 602 g/mol. The Kier molecular flexibility index (Phi) is 9.92. The largest absolute Gasteiger partial charge is 0.497 e. The Balaban J connectivity index is 1.39. The van der Waals surface area contributed by atoms with Crippen molar-refractivity contribution in [1.29, 1.82) is 0 Å². The molecule has 5 atom stereocenters. The molecule has 47 heavy (non-hydrogen) atoms. The number of nitrogens with zero attached hydrogens (tertiary/aromatic N) is 1. The second-order valence-electron chi connectivity index (χ2n) is 11.2. The summed E-state index contributed by atoms with van der Waals surface area (Å²) in [4.78, 5) is 41.6. The monoisotopic (exact) mass is 637 g/mol. The van der Waals surface area contributed by atoms with E-state index in [0.29, 0.717) is 11.5 Å². The quantitative estimate of drug-likeness (QED) is 0.153. The smallest absolute Gasteiger partial charge is 0.303 e. The zero-order chi connectivity index (χ0) is 32.8. The van der Waals surface area contributed by atoms with Crippen molar-refractivity contribution in [2.45, 2.75) is 50.8 Å². The number of hydrogen-bond donors (Lipinski definition) is 0. The molecule has 0 aromatic heterocycles. The van der Waals surface area contributed by atoms with Crippen LogP contribution in [-0.2, 0) is 37.0 Å². The molecule has 2 amide bonds. The molecule has 4 aromatic rings. The molecule has 0 aliphatic carbocycles. The Bertz CT molecular complexity index is 1640. The third-order valence-electron chi connectivity index (χ3n) is 8.03. The molecule has 2 aliphatic rings. The lowest BCUT2D eigenvalue weighted by Crippen LogP contribution is -2.68. The Labute approximate surface area is 272 Å². The highest BCUT2D eigenvalue weighted by Crippen LogP contribution is 2.36. The van der Waals surface area contributed by atoms with E-state index in [0.717, 1.165) is 16.0 Å². The summed E-state index contributed by atoms with van der Waals surface area (Å²) in [5.41, 5.74) is 2.28. The number of imide groups is 1. The number of benzene rings is 4. The van der Waals surface area contributed by atoms with Gasteiger partial charge in [0.15, 0.2) is 6.10 Å². The van der Waals surface area contributed by atoms with Gasteiger partial charge in [-0.3, -0.25) is 19.3 Å². The number of fused-ring (bicyclic) bond motifs is 1. The van der Waals surface area contributed by atoms with E-state index >= 15 is 0 Å². The van der Waals surface area contributed by atoms with Gasteiger partial charge < -0.3 is 28.4 Å². The molecule has 0 unspecified atom stereocenters. The average Bonchev–Trinajstić information content (AvgIpc) is 3.34. The predicted molar refractivity (Wildman–Crippen MR) is 170 cm³/mol. The molecule has 0 radical (unpaired) electrons. The summed E-state index contributed by atoms with van der Waals surface area (Å²) >= 11 is 0. The Morgan fingerprint density at radius 3 is 1.85 bits per heavy atom. The normalized spacial score (nSPS) is 22.1. The van der Waals surface area contributed by atoms with Gasteiger partial charge >= 0.3 is 5.97 Å². The van der Waals surface area contributed by atoms with Gasteiger partial charge in [-0.1, -0.05) is 72.8 Å². The number of amides is 2. The molecule has 1 fully saturated rings. The summed E-state index contributed by atoms with van der Waals surface area (Å²) < 4.78 is 36.7. The van der Waals surface area contributed by atoms with Crippen LogP contribution < -0.4 is 9.47 Å². The first-order valence-electron chi connectivity index (χ1n) is 15.3. The number of hydrogen-bond acceptors (Lipinski definition) is 9. The van der Waals surface area contributed by atoms with Crippen LogP contribution in [0.15, 0.2) is 109 Å². The van der Waals surface area contributed by atoms with Gasteiger partial charge in [-0.15, -0.1) is 0 Å². The average molecular weight is 638 g/mol. The van der Waals surface area contributed by atoms with E-state index in [4.69, 9.17) is 28.4 Å². The first-order chi connectivity index (χ1) is 22.9. The van der Waals surface area contributed by atoms with E-state index in [1.54, 1.807) is 55.6 Å². The van der Waals surface area contributed by atoms with Gasteiger partial charge in [-0.2, -0.15) is 0 Å². The molecule has 1 saturated heterocycles. The number of esters is 1. The van der Waals surface area contributed by atoms with Crippen molar-refractivity contribution in [3.63, 3.8) is 0 Å². The second-order valence-corrected chi connectivity index (χ2v) is 11.2. The van der Waals surface area contributed by atoms with Crippen molar-refractivity contribution in [2.75, 3.05) is 13.7 Å². The number of carbonyl (C=O) groups is 3. The summed E-state index contributed by atoms with van der Waals surface area (Å²) in [5, 5.41) is 0. The fourth-order valence-corrected chi connectivity index (χ4v) is 5.82. The minimum Gasteiger partial charge on any atom is -0.497 e. The number of ether oxygens (including phenoxy) is 6. The molecule has 4 aromatic carbocycles. The van der Waals surface area contributed by atoms with Crippen molar-refractivity contribution < 1.29 is 42.8 Å². The molecule has 10 nitrogen and oxygen atoms in total. The molecule has 2 heterocycles. The fraction of sp³-hybridized carbons (Fsp3) is 0.270. The van der Waals surface area contributed by atoms with Crippen molar-refractivity contribution in [1.82, 2.24) is 4.90 Å². The molecule has 10 heteroatoms. The second kappa shape index (κ2) is 14.6. The van der Waals surface area contributed by atoms with Crippen LogP contribution in [0.1, 0.15) is 38.8 Å². The van der Waals surface area contributed by atoms with E-state index in [9.17, 15) is 14.4 Å². The van der Waals surface area contributed by atoms with Crippen LogP contribution in [0.3, 0.4) is 0 Å². The topological polar surface area (TPSA) is 110 Å². The highest BCUT2D eigenvalue weighted by molar-refractivity contribution is 6.21. The van der Waals surface area contributed by atoms with Crippen LogP contribution in [0.5, 0.6) is 11.5 Å². The Morgan fingerprint density at radius 1 is 0.723 bits per heavy atom. The van der Waals surface area contributed by atoms with E-state index in [1.807, 2.05) is 60.7 Å². The fourth-order valence-electron chi connectivity index (χ4n) is 5.82. The first-order valence-corrected chi connectivity index (χ1v) is 15.3. The summed E-state index contributed by atoms with van der Waals surface area (Å²) in [6.07, 6.45) is -4.26.